The minimum Gasteiger partial charge on any atom is -0.310 e. The van der Waals surface area contributed by atoms with E-state index in [0.29, 0.717) is 0 Å². The van der Waals surface area contributed by atoms with Gasteiger partial charge in [0.1, 0.15) is 0 Å². The van der Waals surface area contributed by atoms with Crippen LogP contribution in [0.5, 0.6) is 0 Å². The molecule has 0 amide bonds. The summed E-state index contributed by atoms with van der Waals surface area (Å²) in [6.45, 7) is 18.9. The van der Waals surface area contributed by atoms with Gasteiger partial charge in [0.05, 0.1) is 22.1 Å². The Hall–Kier alpha value is -8.20. The van der Waals surface area contributed by atoms with Gasteiger partial charge in [-0.3, -0.25) is 0 Å². The predicted octanol–water partition coefficient (Wildman–Crippen LogP) is 19.2. The van der Waals surface area contributed by atoms with Gasteiger partial charge in [-0.15, -0.1) is 0 Å². The van der Waals surface area contributed by atoms with Crippen molar-refractivity contribution < 1.29 is 0 Å². The first kappa shape index (κ1) is 45.6. The minimum atomic E-state index is -0.610. The highest BCUT2D eigenvalue weighted by Crippen LogP contribution is 2.61. The van der Waals surface area contributed by atoms with E-state index >= 15 is 0 Å². The molecule has 0 aliphatic heterocycles. The molecule has 11 aromatic rings. The lowest BCUT2D eigenvalue weighted by Crippen LogP contribution is -2.30. The third kappa shape index (κ3) is 6.91. The molecule has 1 heterocycles. The van der Waals surface area contributed by atoms with Gasteiger partial charge in [0.2, 0.25) is 0 Å². The Bertz CT molecular complexity index is 3950. The van der Waals surface area contributed by atoms with Crippen LogP contribution in [0.4, 0.5) is 17.1 Å². The summed E-state index contributed by atoms with van der Waals surface area (Å²) in [6, 6.07) is 87.3. The van der Waals surface area contributed by atoms with Crippen LogP contribution in [-0.4, -0.2) is 4.57 Å². The number of benzene rings is 10. The molecule has 0 atom stereocenters. The number of rotatable bonds is 7. The standard InChI is InChI=1S/C72H62N2/c1-69(2,3)51-36-38-59-63(42-51)72(49-25-14-10-15-26-49,50-27-16-11-17-28-50)64-43-52(70(4,5)6)44-67(68(59)64)73(55-37-39-57-56-31-18-20-33-61(56)71(7,8)62(57)46-55)53-29-22-30-54(45-53)74-65-34-21-19-32-58(65)60-41-48(35-40-66(60)74)47-23-12-9-13-24-47/h9-46H,1-8H3. The monoisotopic (exact) mass is 954 g/mol. The first-order valence-corrected chi connectivity index (χ1v) is 26.4. The maximum atomic E-state index is 2.60. The van der Waals surface area contributed by atoms with E-state index in [2.05, 4.69) is 295 Å². The lowest BCUT2D eigenvalue weighted by atomic mass is 9.66. The van der Waals surface area contributed by atoms with E-state index in [1.54, 1.807) is 0 Å². The van der Waals surface area contributed by atoms with Crippen molar-refractivity contribution in [3.05, 3.63) is 275 Å². The van der Waals surface area contributed by atoms with Crippen molar-refractivity contribution in [3.8, 4) is 39.1 Å². The molecule has 0 saturated carbocycles. The predicted molar refractivity (Wildman–Crippen MR) is 313 cm³/mol. The molecule has 0 radical (unpaired) electrons. The summed E-state index contributed by atoms with van der Waals surface area (Å²) in [7, 11) is 0. The molecular weight excluding hydrogens is 893 g/mol. The van der Waals surface area contributed by atoms with Crippen LogP contribution < -0.4 is 4.90 Å². The van der Waals surface area contributed by atoms with E-state index in [4.69, 9.17) is 0 Å². The van der Waals surface area contributed by atoms with Crippen LogP contribution in [0.3, 0.4) is 0 Å². The van der Waals surface area contributed by atoms with Gasteiger partial charge >= 0.3 is 0 Å². The molecule has 0 N–H and O–H groups in total. The Morgan fingerprint density at radius 2 is 0.973 bits per heavy atom. The molecular formula is C72H62N2. The van der Waals surface area contributed by atoms with E-state index in [1.165, 1.54) is 105 Å². The van der Waals surface area contributed by atoms with Crippen molar-refractivity contribution in [2.45, 2.75) is 77.0 Å². The molecule has 0 bridgehead atoms. The van der Waals surface area contributed by atoms with Crippen LogP contribution >= 0.6 is 0 Å². The van der Waals surface area contributed by atoms with E-state index in [0.717, 1.165) is 17.1 Å². The number of hydrogen-bond donors (Lipinski definition) is 0. The SMILES string of the molecule is CC(C)(C)c1ccc2c(c1)C(c1ccccc1)(c1ccccc1)c1cc(C(C)(C)C)cc(N(c3cccc(-n4c5ccccc5c5cc(-c6ccccc6)ccc54)c3)c3ccc4c(c3)C(C)(C)c3ccccc3-4)c1-2. The normalized spacial score (nSPS) is 14.2. The molecule has 13 rings (SSSR count). The topological polar surface area (TPSA) is 8.17 Å². The number of para-hydroxylation sites is 1. The minimum absolute atomic E-state index is 0.0699. The lowest BCUT2D eigenvalue weighted by Gasteiger charge is -2.36. The summed E-state index contributed by atoms with van der Waals surface area (Å²) in [4.78, 5) is 2.60. The van der Waals surface area contributed by atoms with Crippen molar-refractivity contribution in [1.82, 2.24) is 4.57 Å². The van der Waals surface area contributed by atoms with Crippen LogP contribution in [-0.2, 0) is 21.7 Å². The molecule has 0 saturated heterocycles. The van der Waals surface area contributed by atoms with Gasteiger partial charge in [-0.05, 0) is 138 Å². The molecule has 1 aromatic heterocycles. The van der Waals surface area contributed by atoms with Crippen molar-refractivity contribution >= 4 is 38.9 Å². The third-order valence-electron chi connectivity index (χ3n) is 16.6. The lowest BCUT2D eigenvalue weighted by molar-refractivity contribution is 0.586. The fraction of sp³-hybridized carbons (Fsp3) is 0.167. The molecule has 74 heavy (non-hydrogen) atoms. The van der Waals surface area contributed by atoms with Crippen LogP contribution in [0.2, 0.25) is 0 Å². The van der Waals surface area contributed by atoms with Crippen molar-refractivity contribution in [3.63, 3.8) is 0 Å². The molecule has 2 aliphatic carbocycles. The second-order valence-corrected chi connectivity index (χ2v) is 23.4. The highest BCUT2D eigenvalue weighted by molar-refractivity contribution is 6.10. The van der Waals surface area contributed by atoms with Gasteiger partial charge in [-0.2, -0.15) is 0 Å². The van der Waals surface area contributed by atoms with Crippen LogP contribution in [0.25, 0.3) is 60.9 Å². The van der Waals surface area contributed by atoms with Gasteiger partial charge in [0.15, 0.2) is 0 Å². The molecule has 0 fully saturated rings. The van der Waals surface area contributed by atoms with E-state index in [9.17, 15) is 0 Å². The van der Waals surface area contributed by atoms with Crippen LogP contribution in [0, 0.1) is 0 Å². The average molecular weight is 955 g/mol. The Morgan fingerprint density at radius 3 is 1.69 bits per heavy atom. The highest BCUT2D eigenvalue weighted by Gasteiger charge is 2.49. The summed E-state index contributed by atoms with van der Waals surface area (Å²) in [6.07, 6.45) is 0. The molecule has 2 aliphatic rings. The summed E-state index contributed by atoms with van der Waals surface area (Å²) in [5.41, 5.74) is 23.9. The summed E-state index contributed by atoms with van der Waals surface area (Å²) < 4.78 is 2.47. The number of aromatic nitrogens is 1. The quantitative estimate of drug-likeness (QED) is 0.155. The van der Waals surface area contributed by atoms with E-state index in [-0.39, 0.29) is 16.2 Å². The zero-order valence-electron chi connectivity index (χ0n) is 43.8. The van der Waals surface area contributed by atoms with Crippen molar-refractivity contribution in [1.29, 1.82) is 0 Å². The Balaban J connectivity index is 1.13. The first-order chi connectivity index (χ1) is 35.7. The molecule has 0 spiro atoms. The molecule has 2 nitrogen and oxygen atoms in total. The Kier molecular flexibility index (Phi) is 10.3. The van der Waals surface area contributed by atoms with Gasteiger partial charge in [0.25, 0.3) is 0 Å². The first-order valence-electron chi connectivity index (χ1n) is 26.4. The van der Waals surface area contributed by atoms with Gasteiger partial charge < -0.3 is 9.47 Å². The largest absolute Gasteiger partial charge is 0.310 e. The van der Waals surface area contributed by atoms with Crippen LogP contribution in [0.1, 0.15) is 99.9 Å². The molecule has 0 unspecified atom stereocenters. The summed E-state index contributed by atoms with van der Waals surface area (Å²) in [5.74, 6) is 0. The second-order valence-electron chi connectivity index (χ2n) is 23.4. The Morgan fingerprint density at radius 1 is 0.378 bits per heavy atom. The molecule has 10 aromatic carbocycles. The average Bonchev–Trinajstić information content (AvgIpc) is 4.02. The fourth-order valence-electron chi connectivity index (χ4n) is 12.8. The number of nitrogens with zero attached hydrogens (tertiary/aromatic N) is 2. The zero-order valence-corrected chi connectivity index (χ0v) is 43.8. The maximum Gasteiger partial charge on any atom is 0.0714 e. The number of anilines is 3. The fourth-order valence-corrected chi connectivity index (χ4v) is 12.8. The smallest absolute Gasteiger partial charge is 0.0714 e. The van der Waals surface area contributed by atoms with Gasteiger partial charge in [-0.25, -0.2) is 0 Å². The second kappa shape index (κ2) is 16.7. The molecule has 2 heteroatoms. The highest BCUT2D eigenvalue weighted by atomic mass is 15.1. The van der Waals surface area contributed by atoms with E-state index < -0.39 is 5.41 Å². The zero-order chi connectivity index (χ0) is 50.7. The van der Waals surface area contributed by atoms with Crippen molar-refractivity contribution in [2.75, 3.05) is 4.90 Å². The number of fused-ring (bicyclic) bond motifs is 9. The Labute approximate surface area is 437 Å². The third-order valence-corrected chi connectivity index (χ3v) is 16.6. The van der Waals surface area contributed by atoms with E-state index in [1.807, 2.05) is 0 Å². The van der Waals surface area contributed by atoms with Gasteiger partial charge in [0, 0.05) is 38.8 Å². The van der Waals surface area contributed by atoms with Crippen LogP contribution in [0.15, 0.2) is 231 Å². The maximum absolute atomic E-state index is 2.60. The number of hydrogen-bond acceptors (Lipinski definition) is 1. The van der Waals surface area contributed by atoms with Crippen molar-refractivity contribution in [2.24, 2.45) is 0 Å². The summed E-state index contributed by atoms with van der Waals surface area (Å²) in [5, 5.41) is 2.48. The van der Waals surface area contributed by atoms with Gasteiger partial charge in [-0.1, -0.05) is 231 Å². The summed E-state index contributed by atoms with van der Waals surface area (Å²) >= 11 is 0. The molecule has 360 valence electrons.